The van der Waals surface area contributed by atoms with Gasteiger partial charge in [0.2, 0.25) is 5.91 Å². The highest BCUT2D eigenvalue weighted by Gasteiger charge is 2.30. The molecule has 35 heavy (non-hydrogen) atoms. The molecule has 0 aliphatic heterocycles. The number of aliphatic carboxylic acids is 1. The Labute approximate surface area is 205 Å². The number of nitrogens with one attached hydrogen (secondary N) is 2. The number of carboxylic acid groups (broad SMARTS) is 1. The third-order valence-corrected chi connectivity index (χ3v) is 6.76. The van der Waals surface area contributed by atoms with E-state index in [-0.39, 0.29) is 36.9 Å². The summed E-state index contributed by atoms with van der Waals surface area (Å²) in [5, 5.41) is 15.0. The van der Waals surface area contributed by atoms with Crippen molar-refractivity contribution in [2.75, 3.05) is 6.61 Å². The predicted octanol–water partition coefficient (Wildman–Crippen LogP) is 4.62. The lowest BCUT2D eigenvalue weighted by Gasteiger charge is -2.24. The first-order chi connectivity index (χ1) is 17.0. The first-order valence-electron chi connectivity index (χ1n) is 12.3. The molecule has 7 nitrogen and oxygen atoms in total. The van der Waals surface area contributed by atoms with E-state index in [1.54, 1.807) is 6.08 Å². The van der Waals surface area contributed by atoms with Crippen LogP contribution in [0.15, 0.2) is 60.7 Å². The Bertz CT molecular complexity index is 1070. The molecule has 184 valence electrons. The maximum Gasteiger partial charge on any atom is 0.407 e. The number of hydrogen-bond acceptors (Lipinski definition) is 4. The van der Waals surface area contributed by atoms with Crippen LogP contribution in [0, 0.1) is 5.92 Å². The van der Waals surface area contributed by atoms with Crippen LogP contribution in [-0.2, 0) is 14.3 Å². The Morgan fingerprint density at radius 3 is 2.34 bits per heavy atom. The van der Waals surface area contributed by atoms with Crippen molar-refractivity contribution in [3.05, 3.63) is 71.8 Å². The summed E-state index contributed by atoms with van der Waals surface area (Å²) in [5.41, 5.74) is 4.62. The van der Waals surface area contributed by atoms with Gasteiger partial charge in [0.15, 0.2) is 0 Å². The second-order valence-electron chi connectivity index (χ2n) is 9.27. The lowest BCUT2D eigenvalue weighted by Crippen LogP contribution is -2.43. The van der Waals surface area contributed by atoms with Gasteiger partial charge in [0.25, 0.3) is 0 Å². The molecule has 2 aromatic carbocycles. The van der Waals surface area contributed by atoms with E-state index in [9.17, 15) is 19.5 Å². The second kappa shape index (κ2) is 11.2. The fourth-order valence-corrected chi connectivity index (χ4v) is 5.07. The fraction of sp³-hybridized carbons (Fsp3) is 0.393. The molecule has 0 fully saturated rings. The average molecular weight is 477 g/mol. The monoisotopic (exact) mass is 476 g/mol. The molecule has 7 heteroatoms. The van der Waals surface area contributed by atoms with E-state index in [0.717, 1.165) is 17.5 Å². The number of carbonyl (C=O) groups is 3. The standard InChI is InChI=1S/C28H32N2O5/c1-2-8-19(16-26(31)29-20-10-7-9-18(15-20)27(32)33)30-28(34)35-17-25-23-13-5-3-11-21(23)22-12-4-6-14-24(22)25/h3-7,10-14,18-20,25H,2,8-9,15-17H2,1H3,(H,29,31)(H,30,34)(H,32,33)/t18?,19-,20?/m1/s1. The molecule has 2 aliphatic rings. The van der Waals surface area contributed by atoms with Crippen molar-refractivity contribution in [3.8, 4) is 11.1 Å². The summed E-state index contributed by atoms with van der Waals surface area (Å²) in [6.45, 7) is 2.21. The summed E-state index contributed by atoms with van der Waals surface area (Å²) in [4.78, 5) is 36.5. The van der Waals surface area contributed by atoms with Crippen molar-refractivity contribution in [1.29, 1.82) is 0 Å². The Balaban J connectivity index is 1.31. The molecule has 0 bridgehead atoms. The summed E-state index contributed by atoms with van der Waals surface area (Å²) in [6.07, 6.45) is 5.49. The van der Waals surface area contributed by atoms with Crippen molar-refractivity contribution in [2.24, 2.45) is 5.92 Å². The second-order valence-corrected chi connectivity index (χ2v) is 9.27. The van der Waals surface area contributed by atoms with Gasteiger partial charge in [-0.2, -0.15) is 0 Å². The highest BCUT2D eigenvalue weighted by atomic mass is 16.5. The number of rotatable bonds is 9. The van der Waals surface area contributed by atoms with Crippen LogP contribution in [0.3, 0.4) is 0 Å². The molecular weight excluding hydrogens is 444 g/mol. The third kappa shape index (κ3) is 5.91. The fourth-order valence-electron chi connectivity index (χ4n) is 5.07. The number of carboxylic acids is 1. The Hall–Kier alpha value is -3.61. The first-order valence-corrected chi connectivity index (χ1v) is 12.3. The van der Waals surface area contributed by atoms with Crippen LogP contribution in [0.4, 0.5) is 4.79 Å². The first kappa shape index (κ1) is 24.5. The zero-order valence-corrected chi connectivity index (χ0v) is 19.9. The third-order valence-electron chi connectivity index (χ3n) is 6.76. The number of amides is 2. The van der Waals surface area contributed by atoms with Gasteiger partial charge in [-0.15, -0.1) is 0 Å². The molecule has 0 heterocycles. The van der Waals surface area contributed by atoms with Crippen molar-refractivity contribution in [2.45, 2.75) is 57.0 Å². The number of ether oxygens (including phenoxy) is 1. The molecular formula is C28H32N2O5. The van der Waals surface area contributed by atoms with E-state index in [0.29, 0.717) is 19.3 Å². The zero-order valence-electron chi connectivity index (χ0n) is 19.9. The Kier molecular flexibility index (Phi) is 7.85. The van der Waals surface area contributed by atoms with Gasteiger partial charge in [-0.3, -0.25) is 9.59 Å². The largest absolute Gasteiger partial charge is 0.481 e. The smallest absolute Gasteiger partial charge is 0.407 e. The summed E-state index contributed by atoms with van der Waals surface area (Å²) in [6, 6.07) is 15.7. The molecule has 2 amide bonds. The number of carbonyl (C=O) groups excluding carboxylic acids is 2. The van der Waals surface area contributed by atoms with E-state index in [2.05, 4.69) is 34.9 Å². The molecule has 0 radical (unpaired) electrons. The van der Waals surface area contributed by atoms with Crippen LogP contribution in [0.2, 0.25) is 0 Å². The highest BCUT2D eigenvalue weighted by molar-refractivity contribution is 5.80. The summed E-state index contributed by atoms with van der Waals surface area (Å²) in [5.74, 6) is -1.59. The summed E-state index contributed by atoms with van der Waals surface area (Å²) < 4.78 is 5.63. The molecule has 2 aliphatic carbocycles. The van der Waals surface area contributed by atoms with Gasteiger partial charge in [0.1, 0.15) is 6.61 Å². The number of benzene rings is 2. The van der Waals surface area contributed by atoms with Crippen LogP contribution in [0.1, 0.15) is 56.1 Å². The lowest BCUT2D eigenvalue weighted by atomic mass is 9.91. The van der Waals surface area contributed by atoms with Crippen molar-refractivity contribution < 1.29 is 24.2 Å². The Morgan fingerprint density at radius 2 is 1.71 bits per heavy atom. The van der Waals surface area contributed by atoms with E-state index >= 15 is 0 Å². The SMILES string of the molecule is CCC[C@H](CC(=O)NC1C=CCC(C(=O)O)C1)NC(=O)OCC1c2ccccc2-c2ccccc21. The zero-order chi connectivity index (χ0) is 24.8. The Morgan fingerprint density at radius 1 is 1.06 bits per heavy atom. The summed E-state index contributed by atoms with van der Waals surface area (Å²) in [7, 11) is 0. The maximum absolute atomic E-state index is 12.7. The van der Waals surface area contributed by atoms with Crippen molar-refractivity contribution >= 4 is 18.0 Å². The van der Waals surface area contributed by atoms with Crippen molar-refractivity contribution in [1.82, 2.24) is 10.6 Å². The molecule has 4 rings (SSSR count). The van der Waals surface area contributed by atoms with Gasteiger partial charge in [-0.05, 0) is 41.5 Å². The van der Waals surface area contributed by atoms with Gasteiger partial charge in [-0.25, -0.2) is 4.79 Å². The lowest BCUT2D eigenvalue weighted by molar-refractivity contribution is -0.142. The van der Waals surface area contributed by atoms with E-state index in [1.165, 1.54) is 11.1 Å². The minimum absolute atomic E-state index is 0.0265. The molecule has 2 aromatic rings. The van der Waals surface area contributed by atoms with Crippen molar-refractivity contribution in [3.63, 3.8) is 0 Å². The predicted molar refractivity (Wildman–Crippen MR) is 133 cm³/mol. The van der Waals surface area contributed by atoms with Gasteiger partial charge in [0, 0.05) is 24.4 Å². The van der Waals surface area contributed by atoms with Crippen LogP contribution in [0.25, 0.3) is 11.1 Å². The minimum atomic E-state index is -0.852. The normalized spacial score (nSPS) is 19.3. The number of alkyl carbamates (subject to hydrolysis) is 1. The molecule has 3 N–H and O–H groups in total. The molecule has 0 saturated carbocycles. The van der Waals surface area contributed by atoms with E-state index in [4.69, 9.17) is 4.74 Å². The van der Waals surface area contributed by atoms with E-state index < -0.39 is 18.0 Å². The number of allylic oxidation sites excluding steroid dienone is 1. The molecule has 3 atom stereocenters. The van der Waals surface area contributed by atoms with Crippen LogP contribution in [0.5, 0.6) is 0 Å². The van der Waals surface area contributed by atoms with E-state index in [1.807, 2.05) is 37.3 Å². The molecule has 0 spiro atoms. The number of hydrogen-bond donors (Lipinski definition) is 3. The number of fused-ring (bicyclic) bond motifs is 3. The molecule has 0 saturated heterocycles. The van der Waals surface area contributed by atoms with Gasteiger partial charge in [-0.1, -0.05) is 74.0 Å². The highest BCUT2D eigenvalue weighted by Crippen LogP contribution is 2.44. The van der Waals surface area contributed by atoms with Gasteiger partial charge in [0.05, 0.1) is 5.92 Å². The van der Waals surface area contributed by atoms with Crippen LogP contribution in [-0.4, -0.2) is 41.8 Å². The molecule has 0 aromatic heterocycles. The van der Waals surface area contributed by atoms with Crippen LogP contribution >= 0.6 is 0 Å². The maximum atomic E-state index is 12.7. The quantitative estimate of drug-likeness (QED) is 0.458. The van der Waals surface area contributed by atoms with Crippen LogP contribution < -0.4 is 10.6 Å². The molecule has 2 unspecified atom stereocenters. The minimum Gasteiger partial charge on any atom is -0.481 e. The summed E-state index contributed by atoms with van der Waals surface area (Å²) >= 11 is 0. The topological polar surface area (TPSA) is 105 Å². The van der Waals surface area contributed by atoms with Gasteiger partial charge < -0.3 is 20.5 Å². The van der Waals surface area contributed by atoms with Gasteiger partial charge >= 0.3 is 12.1 Å². The average Bonchev–Trinajstić information content (AvgIpc) is 3.16.